The molecule has 19 heavy (non-hydrogen) atoms. The van der Waals surface area contributed by atoms with E-state index in [9.17, 15) is 14.7 Å². The second-order valence-corrected chi connectivity index (χ2v) is 4.89. The molecule has 1 fully saturated rings. The van der Waals surface area contributed by atoms with Gasteiger partial charge in [0, 0.05) is 0 Å². The average molecular weight is 259 g/mol. The molecule has 1 aliphatic rings. The predicted molar refractivity (Wildman–Crippen MR) is 68.8 cm³/mol. The number of carboxylic acids is 1. The summed E-state index contributed by atoms with van der Waals surface area (Å²) >= 11 is 0. The quantitative estimate of drug-likeness (QED) is 0.818. The first kappa shape index (κ1) is 13.6. The van der Waals surface area contributed by atoms with Gasteiger partial charge in [-0.25, -0.2) is 4.79 Å². The smallest absolute Gasteiger partial charge is 0.335 e. The van der Waals surface area contributed by atoms with Crippen LogP contribution in [-0.2, 0) is 9.53 Å². The van der Waals surface area contributed by atoms with Crippen LogP contribution in [0.2, 0.25) is 0 Å². The zero-order chi connectivity index (χ0) is 14.2. The first-order valence-corrected chi connectivity index (χ1v) is 5.89. The molecule has 1 heterocycles. The molecule has 2 atom stereocenters. The van der Waals surface area contributed by atoms with Crippen LogP contribution in [0.5, 0.6) is 0 Å². The van der Waals surface area contributed by atoms with Crippen LogP contribution in [-0.4, -0.2) is 41.5 Å². The molecular weight excluding hydrogens is 245 g/mol. The molecule has 2 radical (unpaired) electrons. The molecule has 1 aromatic rings. The molecule has 0 spiro atoms. The molecule has 6 heteroatoms. The number of ether oxygens (including phenoxy) is 1. The topological polar surface area (TPSA) is 66.8 Å². The maximum Gasteiger partial charge on any atom is 0.335 e. The molecule has 0 aliphatic carbocycles. The van der Waals surface area contributed by atoms with E-state index in [0.717, 1.165) is 0 Å². The highest BCUT2D eigenvalue weighted by Gasteiger charge is 2.52. The fourth-order valence-corrected chi connectivity index (χ4v) is 2.46. The van der Waals surface area contributed by atoms with Crippen molar-refractivity contribution >= 4 is 19.6 Å². The van der Waals surface area contributed by atoms with Crippen molar-refractivity contribution in [2.24, 2.45) is 0 Å². The highest BCUT2D eigenvalue weighted by atomic mass is 16.6. The van der Waals surface area contributed by atoms with E-state index in [0.29, 0.717) is 5.56 Å². The van der Waals surface area contributed by atoms with Crippen molar-refractivity contribution in [3.05, 3.63) is 35.9 Å². The van der Waals surface area contributed by atoms with Crippen LogP contribution in [0.25, 0.3) is 0 Å². The Balaban J connectivity index is 2.50. The zero-order valence-electron chi connectivity index (χ0n) is 10.7. The van der Waals surface area contributed by atoms with Gasteiger partial charge in [0.2, 0.25) is 7.85 Å². The van der Waals surface area contributed by atoms with E-state index in [-0.39, 0.29) is 0 Å². The molecule has 1 N–H and O–H groups in total. The minimum absolute atomic E-state index is 0.680. The monoisotopic (exact) mass is 259 g/mol. The summed E-state index contributed by atoms with van der Waals surface area (Å²) in [5.74, 6) is -1.83. The van der Waals surface area contributed by atoms with E-state index in [1.807, 2.05) is 6.07 Å². The summed E-state index contributed by atoms with van der Waals surface area (Å²) in [7, 11) is 5.38. The lowest BCUT2D eigenvalue weighted by atomic mass is 9.96. The van der Waals surface area contributed by atoms with Crippen molar-refractivity contribution in [3.63, 3.8) is 0 Å². The van der Waals surface area contributed by atoms with Crippen LogP contribution < -0.4 is 0 Å². The third kappa shape index (κ3) is 2.36. The number of aliphatic carboxylic acids is 1. The Labute approximate surface area is 112 Å². The zero-order valence-corrected chi connectivity index (χ0v) is 10.7. The van der Waals surface area contributed by atoms with Gasteiger partial charge in [0.05, 0.1) is 6.04 Å². The Morgan fingerprint density at radius 3 is 2.37 bits per heavy atom. The predicted octanol–water partition coefficient (Wildman–Crippen LogP) is 1.54. The SMILES string of the molecule is [B]C(=O)N1C(c2ccccc2)C(C(=O)O)OC1(C)C. The number of hydrogen-bond acceptors (Lipinski definition) is 3. The van der Waals surface area contributed by atoms with E-state index in [1.54, 1.807) is 38.1 Å². The van der Waals surface area contributed by atoms with Gasteiger partial charge in [-0.15, -0.1) is 0 Å². The molecule has 5 nitrogen and oxygen atoms in total. The maximum absolute atomic E-state index is 11.6. The Morgan fingerprint density at radius 1 is 1.32 bits per heavy atom. The normalized spacial score (nSPS) is 25.3. The van der Waals surface area contributed by atoms with E-state index in [1.165, 1.54) is 4.90 Å². The summed E-state index contributed by atoms with van der Waals surface area (Å²) in [5.41, 5.74) is -0.380. The number of carbonyl (C=O) groups excluding carboxylic acids is 1. The molecule has 1 saturated heterocycles. The van der Waals surface area contributed by atoms with Crippen LogP contribution in [0.3, 0.4) is 0 Å². The Kier molecular flexibility index (Phi) is 3.37. The first-order valence-electron chi connectivity index (χ1n) is 5.89. The van der Waals surface area contributed by atoms with Gasteiger partial charge < -0.3 is 14.7 Å². The van der Waals surface area contributed by atoms with Gasteiger partial charge in [-0.2, -0.15) is 0 Å². The van der Waals surface area contributed by atoms with Crippen LogP contribution in [0.4, 0.5) is 4.79 Å². The van der Waals surface area contributed by atoms with Crippen molar-refractivity contribution in [2.75, 3.05) is 0 Å². The lowest BCUT2D eigenvalue weighted by Crippen LogP contribution is -2.44. The Hall–Kier alpha value is -1.82. The Morgan fingerprint density at radius 2 is 1.89 bits per heavy atom. The molecular formula is C13H14BNO4. The number of carboxylic acid groups (broad SMARTS) is 1. The van der Waals surface area contributed by atoms with Crippen LogP contribution in [0.1, 0.15) is 25.5 Å². The minimum atomic E-state index is -1.13. The lowest BCUT2D eigenvalue weighted by molar-refractivity contribution is -0.154. The van der Waals surface area contributed by atoms with E-state index >= 15 is 0 Å². The third-order valence-electron chi connectivity index (χ3n) is 3.18. The van der Waals surface area contributed by atoms with E-state index in [2.05, 4.69) is 0 Å². The fourth-order valence-electron chi connectivity index (χ4n) is 2.46. The average Bonchev–Trinajstić information content (AvgIpc) is 2.62. The molecule has 0 bridgehead atoms. The van der Waals surface area contributed by atoms with Gasteiger partial charge in [0.15, 0.2) is 11.9 Å². The number of hydrogen-bond donors (Lipinski definition) is 1. The van der Waals surface area contributed by atoms with Gasteiger partial charge in [-0.05, 0) is 19.4 Å². The summed E-state index contributed by atoms with van der Waals surface area (Å²) in [5, 5.41) is 9.27. The number of benzene rings is 1. The standard InChI is InChI=1S/C13H14BNO4/c1-13(2)15(12(14)18)9(10(19-13)11(16)17)8-6-4-3-5-7-8/h3-7,9-10H,1-2H3,(H,16,17). The highest BCUT2D eigenvalue weighted by molar-refractivity contribution is 6.57. The van der Waals surface area contributed by atoms with Crippen molar-refractivity contribution in [3.8, 4) is 0 Å². The first-order chi connectivity index (χ1) is 8.84. The molecule has 98 valence electrons. The number of carbonyl (C=O) groups is 2. The third-order valence-corrected chi connectivity index (χ3v) is 3.18. The van der Waals surface area contributed by atoms with Crippen LogP contribution >= 0.6 is 0 Å². The second kappa shape index (κ2) is 4.70. The van der Waals surface area contributed by atoms with Gasteiger partial charge in [0.25, 0.3) is 0 Å². The summed E-state index contributed by atoms with van der Waals surface area (Å²) in [4.78, 5) is 24.2. The molecule has 2 unspecified atom stereocenters. The molecule has 1 amide bonds. The summed E-state index contributed by atoms with van der Waals surface area (Å²) in [6.07, 6.45) is -1.13. The molecule has 1 aromatic carbocycles. The van der Waals surface area contributed by atoms with E-state index < -0.39 is 29.6 Å². The molecule has 0 aromatic heterocycles. The minimum Gasteiger partial charge on any atom is -0.479 e. The lowest BCUT2D eigenvalue weighted by Gasteiger charge is -2.33. The maximum atomic E-state index is 11.6. The number of nitrogens with zero attached hydrogens (tertiary/aromatic N) is 1. The van der Waals surface area contributed by atoms with Crippen molar-refractivity contribution in [2.45, 2.75) is 31.7 Å². The van der Waals surface area contributed by atoms with Gasteiger partial charge in [-0.3, -0.25) is 4.79 Å². The molecule has 2 rings (SSSR count). The van der Waals surface area contributed by atoms with Crippen LogP contribution in [0, 0.1) is 0 Å². The van der Waals surface area contributed by atoms with Gasteiger partial charge >= 0.3 is 5.97 Å². The highest BCUT2D eigenvalue weighted by Crippen LogP contribution is 2.41. The van der Waals surface area contributed by atoms with Crippen molar-refractivity contribution in [1.29, 1.82) is 0 Å². The molecule has 0 saturated carbocycles. The number of rotatable bonds is 2. The largest absolute Gasteiger partial charge is 0.479 e. The van der Waals surface area contributed by atoms with Crippen molar-refractivity contribution in [1.82, 2.24) is 4.90 Å². The summed E-state index contributed by atoms with van der Waals surface area (Å²) in [6, 6.07) is 8.14. The molecule has 1 aliphatic heterocycles. The Bertz CT molecular complexity index is 503. The fraction of sp³-hybridized carbons (Fsp3) is 0.385. The van der Waals surface area contributed by atoms with Gasteiger partial charge in [0.1, 0.15) is 5.72 Å². The van der Waals surface area contributed by atoms with Crippen molar-refractivity contribution < 1.29 is 19.4 Å². The summed E-state index contributed by atoms with van der Waals surface area (Å²) in [6.45, 7) is 3.24. The number of amides is 1. The van der Waals surface area contributed by atoms with Gasteiger partial charge in [-0.1, -0.05) is 30.3 Å². The summed E-state index contributed by atoms with van der Waals surface area (Å²) < 4.78 is 5.48. The second-order valence-electron chi connectivity index (χ2n) is 4.89. The van der Waals surface area contributed by atoms with E-state index in [4.69, 9.17) is 12.6 Å². The van der Waals surface area contributed by atoms with Crippen LogP contribution in [0.15, 0.2) is 30.3 Å².